The minimum Gasteiger partial charge on any atom is -0.471 e. The number of rotatable bonds is 9. The summed E-state index contributed by atoms with van der Waals surface area (Å²) in [5.74, 6) is -6.45. The van der Waals surface area contributed by atoms with Gasteiger partial charge in [-0.15, -0.1) is 0 Å². The number of pyridine rings is 1. The van der Waals surface area contributed by atoms with Gasteiger partial charge in [0.05, 0.1) is 6.04 Å². The fraction of sp³-hybridized carbons (Fsp3) is 0.667. The first kappa shape index (κ1) is 25.0. The Kier molecular flexibility index (Phi) is 7.32. The number of nitrogens with zero attached hydrogens (tertiary/aromatic N) is 1. The Labute approximate surface area is 177 Å². The number of alkyl halides is 5. The molecule has 0 radical (unpaired) electrons. The highest BCUT2D eigenvalue weighted by Gasteiger charge is 2.58. The van der Waals surface area contributed by atoms with Crippen molar-refractivity contribution in [3.05, 3.63) is 23.4 Å². The van der Waals surface area contributed by atoms with Crippen LogP contribution in [0.15, 0.2) is 12.1 Å². The van der Waals surface area contributed by atoms with E-state index in [0.29, 0.717) is 12.0 Å². The predicted octanol–water partition coefficient (Wildman–Crippen LogP) is 5.05. The molecule has 5 nitrogen and oxygen atoms in total. The number of amides is 1. The van der Waals surface area contributed by atoms with Crippen LogP contribution in [0.2, 0.25) is 0 Å². The number of ketones is 1. The molecule has 1 aliphatic rings. The van der Waals surface area contributed by atoms with Crippen LogP contribution in [0.25, 0.3) is 0 Å². The first-order chi connectivity index (χ1) is 14.1. The first-order valence-electron chi connectivity index (χ1n) is 10.1. The second kappa shape index (κ2) is 9.08. The van der Waals surface area contributed by atoms with E-state index in [1.54, 1.807) is 6.92 Å². The summed E-state index contributed by atoms with van der Waals surface area (Å²) < 4.78 is 68.7. The van der Waals surface area contributed by atoms with Crippen molar-refractivity contribution < 1.29 is 36.3 Å². The van der Waals surface area contributed by atoms with E-state index < -0.39 is 36.5 Å². The Hall–Kier alpha value is -2.26. The Balaban J connectivity index is 2.23. The maximum atomic E-state index is 13.3. The molecule has 1 aromatic heterocycles. The summed E-state index contributed by atoms with van der Waals surface area (Å²) in [6, 6.07) is 2.02. The third-order valence-corrected chi connectivity index (χ3v) is 4.80. The standard InChI is InChI=1S/C21H27F5N2O3/c1-5-16(29)15(10-19(2,3)4)27-17(30)14-9-8-13(12-6-7-12)18(28-14)31-11-20(22,23)21(24,25)26/h8-9,12,15H,5-7,10-11H2,1-4H3,(H,27,30)/t15-/m0/s1. The van der Waals surface area contributed by atoms with E-state index in [2.05, 4.69) is 10.3 Å². The van der Waals surface area contributed by atoms with E-state index >= 15 is 0 Å². The van der Waals surface area contributed by atoms with Gasteiger partial charge in [-0.05, 0) is 36.7 Å². The Morgan fingerprint density at radius 1 is 1.16 bits per heavy atom. The summed E-state index contributed by atoms with van der Waals surface area (Å²) in [7, 11) is 0. The van der Waals surface area contributed by atoms with Crippen molar-refractivity contribution >= 4 is 11.7 Å². The van der Waals surface area contributed by atoms with E-state index in [0.717, 1.165) is 12.8 Å². The molecular weight excluding hydrogens is 423 g/mol. The summed E-state index contributed by atoms with van der Waals surface area (Å²) in [5, 5.41) is 2.59. The van der Waals surface area contributed by atoms with Crippen LogP contribution < -0.4 is 10.1 Å². The summed E-state index contributed by atoms with van der Waals surface area (Å²) in [4.78, 5) is 28.8. The van der Waals surface area contributed by atoms with Crippen LogP contribution in [-0.2, 0) is 4.79 Å². The first-order valence-corrected chi connectivity index (χ1v) is 10.1. The largest absolute Gasteiger partial charge is 0.471 e. The third kappa shape index (κ3) is 6.87. The SMILES string of the molecule is CCC(=O)[C@H](CC(C)(C)C)NC(=O)c1ccc(C2CC2)c(OCC(F)(F)C(F)(F)F)n1. The van der Waals surface area contributed by atoms with E-state index in [9.17, 15) is 31.5 Å². The molecular formula is C21H27F5N2O3. The number of Topliss-reactive ketones (excluding diaryl/α,β-unsaturated/α-hetero) is 1. The summed E-state index contributed by atoms with van der Waals surface area (Å²) >= 11 is 0. The number of carbonyl (C=O) groups is 2. The second-order valence-corrected chi connectivity index (χ2v) is 8.97. The van der Waals surface area contributed by atoms with Crippen molar-refractivity contribution in [3.8, 4) is 5.88 Å². The zero-order chi connectivity index (χ0) is 23.6. The fourth-order valence-corrected chi connectivity index (χ4v) is 2.98. The van der Waals surface area contributed by atoms with E-state index in [1.165, 1.54) is 12.1 Å². The maximum absolute atomic E-state index is 13.3. The number of halogens is 5. The highest BCUT2D eigenvalue weighted by atomic mass is 19.4. The lowest BCUT2D eigenvalue weighted by Crippen LogP contribution is -2.43. The number of hydrogen-bond acceptors (Lipinski definition) is 4. The van der Waals surface area contributed by atoms with Crippen molar-refractivity contribution in [2.24, 2.45) is 5.41 Å². The molecule has 1 atom stereocenters. The van der Waals surface area contributed by atoms with Gasteiger partial charge in [-0.25, -0.2) is 4.98 Å². The van der Waals surface area contributed by atoms with Gasteiger partial charge in [0.1, 0.15) is 5.69 Å². The highest BCUT2D eigenvalue weighted by Crippen LogP contribution is 2.44. The second-order valence-electron chi connectivity index (χ2n) is 8.97. The molecule has 0 bridgehead atoms. The van der Waals surface area contributed by atoms with Crippen LogP contribution in [0.4, 0.5) is 22.0 Å². The molecule has 0 unspecified atom stereocenters. The topological polar surface area (TPSA) is 68.3 Å². The van der Waals surface area contributed by atoms with Gasteiger partial charge < -0.3 is 10.1 Å². The van der Waals surface area contributed by atoms with Gasteiger partial charge in [0.2, 0.25) is 5.88 Å². The number of carbonyl (C=O) groups excluding carboxylic acids is 2. The molecule has 1 aliphatic carbocycles. The molecule has 0 spiro atoms. The Morgan fingerprint density at radius 2 is 1.77 bits per heavy atom. The lowest BCUT2D eigenvalue weighted by molar-refractivity contribution is -0.290. The summed E-state index contributed by atoms with van der Waals surface area (Å²) in [6.07, 6.45) is -3.75. The molecule has 1 N–H and O–H groups in total. The predicted molar refractivity (Wildman–Crippen MR) is 103 cm³/mol. The zero-order valence-electron chi connectivity index (χ0n) is 17.9. The van der Waals surface area contributed by atoms with Crippen LogP contribution in [-0.4, -0.2) is 41.4 Å². The molecule has 0 saturated heterocycles. The molecule has 1 fully saturated rings. The number of ether oxygens (including phenoxy) is 1. The van der Waals surface area contributed by atoms with Crippen molar-refractivity contribution in [3.63, 3.8) is 0 Å². The number of aromatic nitrogens is 1. The molecule has 1 heterocycles. The van der Waals surface area contributed by atoms with Crippen LogP contribution in [0.5, 0.6) is 5.88 Å². The average Bonchev–Trinajstić information content (AvgIpc) is 3.48. The van der Waals surface area contributed by atoms with Crippen LogP contribution in [0.1, 0.15) is 75.3 Å². The van der Waals surface area contributed by atoms with Crippen LogP contribution in [0.3, 0.4) is 0 Å². The normalized spacial score (nSPS) is 16.0. The number of nitrogens with one attached hydrogen (secondary N) is 1. The van der Waals surface area contributed by atoms with Gasteiger partial charge >= 0.3 is 12.1 Å². The Morgan fingerprint density at radius 3 is 2.26 bits per heavy atom. The molecule has 1 aromatic rings. The van der Waals surface area contributed by atoms with Gasteiger partial charge in [-0.3, -0.25) is 9.59 Å². The van der Waals surface area contributed by atoms with Crippen molar-refractivity contribution in [1.29, 1.82) is 0 Å². The summed E-state index contributed by atoms with van der Waals surface area (Å²) in [5.41, 5.74) is -0.105. The van der Waals surface area contributed by atoms with E-state index in [4.69, 9.17) is 4.74 Å². The van der Waals surface area contributed by atoms with Crippen LogP contribution in [0, 0.1) is 5.41 Å². The minimum absolute atomic E-state index is 0.0607. The van der Waals surface area contributed by atoms with Crippen molar-refractivity contribution in [2.45, 2.75) is 77.4 Å². The zero-order valence-corrected chi connectivity index (χ0v) is 17.9. The monoisotopic (exact) mass is 450 g/mol. The number of hydrogen-bond donors (Lipinski definition) is 1. The van der Waals surface area contributed by atoms with E-state index in [-0.39, 0.29) is 29.2 Å². The third-order valence-electron chi connectivity index (χ3n) is 4.80. The molecule has 174 valence electrons. The fourth-order valence-electron chi connectivity index (χ4n) is 2.98. The van der Waals surface area contributed by atoms with Gasteiger partial charge in [0.25, 0.3) is 5.91 Å². The lowest BCUT2D eigenvalue weighted by Gasteiger charge is -2.25. The molecule has 2 rings (SSSR count). The molecule has 0 aliphatic heterocycles. The van der Waals surface area contributed by atoms with Gasteiger partial charge in [-0.1, -0.05) is 33.8 Å². The maximum Gasteiger partial charge on any atom is 0.456 e. The molecule has 0 aromatic carbocycles. The smallest absolute Gasteiger partial charge is 0.456 e. The van der Waals surface area contributed by atoms with E-state index in [1.807, 2.05) is 20.8 Å². The molecule has 1 saturated carbocycles. The van der Waals surface area contributed by atoms with Gasteiger partial charge in [-0.2, -0.15) is 22.0 Å². The summed E-state index contributed by atoms with van der Waals surface area (Å²) in [6.45, 7) is 5.45. The molecule has 1 amide bonds. The molecule has 31 heavy (non-hydrogen) atoms. The van der Waals surface area contributed by atoms with Crippen molar-refractivity contribution in [2.75, 3.05) is 6.61 Å². The minimum atomic E-state index is -5.76. The highest BCUT2D eigenvalue weighted by molar-refractivity contribution is 5.96. The van der Waals surface area contributed by atoms with Gasteiger partial charge in [0.15, 0.2) is 12.4 Å². The van der Waals surface area contributed by atoms with Crippen molar-refractivity contribution in [1.82, 2.24) is 10.3 Å². The lowest BCUT2D eigenvalue weighted by atomic mass is 9.86. The average molecular weight is 450 g/mol. The quantitative estimate of drug-likeness (QED) is 0.535. The Bertz CT molecular complexity index is 814. The van der Waals surface area contributed by atoms with Gasteiger partial charge in [0, 0.05) is 12.0 Å². The van der Waals surface area contributed by atoms with Crippen LogP contribution >= 0.6 is 0 Å². The molecule has 10 heteroatoms.